The summed E-state index contributed by atoms with van der Waals surface area (Å²) in [6.07, 6.45) is 4.36. The van der Waals surface area contributed by atoms with E-state index in [2.05, 4.69) is 26.1 Å². The van der Waals surface area contributed by atoms with E-state index in [9.17, 15) is 4.79 Å². The van der Waals surface area contributed by atoms with Crippen molar-refractivity contribution in [3.05, 3.63) is 48.1 Å². The normalized spacial score (nSPS) is 15.4. The van der Waals surface area contributed by atoms with Gasteiger partial charge in [0.25, 0.3) is 5.91 Å². The van der Waals surface area contributed by atoms with Gasteiger partial charge in [-0.3, -0.25) is 9.78 Å². The maximum absolute atomic E-state index is 12.9. The molecule has 0 bridgehead atoms. The average Bonchev–Trinajstić information content (AvgIpc) is 2.90. The topological polar surface area (TPSA) is 75.4 Å². The first-order valence-electron chi connectivity index (χ1n) is 8.39. The SMILES string of the molecule is Cc1cc(N2CCCN(C(=O)c3onc4ncccc34)CC2)ccn1. The molecule has 0 N–H and O–H groups in total. The van der Waals surface area contributed by atoms with E-state index in [4.69, 9.17) is 4.52 Å². The summed E-state index contributed by atoms with van der Waals surface area (Å²) in [5, 5.41) is 4.54. The number of nitrogens with zero attached hydrogens (tertiary/aromatic N) is 5. The summed E-state index contributed by atoms with van der Waals surface area (Å²) in [6, 6.07) is 7.69. The van der Waals surface area contributed by atoms with Crippen molar-refractivity contribution in [2.75, 3.05) is 31.1 Å². The van der Waals surface area contributed by atoms with Gasteiger partial charge in [0.15, 0.2) is 0 Å². The van der Waals surface area contributed by atoms with Gasteiger partial charge in [0.1, 0.15) is 0 Å². The van der Waals surface area contributed by atoms with Gasteiger partial charge in [0.2, 0.25) is 11.4 Å². The van der Waals surface area contributed by atoms with Crippen LogP contribution in [0.1, 0.15) is 22.7 Å². The zero-order chi connectivity index (χ0) is 17.2. The number of hydrogen-bond donors (Lipinski definition) is 0. The fraction of sp³-hybridized carbons (Fsp3) is 0.333. The third-order valence-corrected chi connectivity index (χ3v) is 4.48. The highest BCUT2D eigenvalue weighted by Crippen LogP contribution is 2.20. The highest BCUT2D eigenvalue weighted by Gasteiger charge is 2.25. The Balaban J connectivity index is 1.51. The molecule has 25 heavy (non-hydrogen) atoms. The van der Waals surface area contributed by atoms with E-state index < -0.39 is 0 Å². The van der Waals surface area contributed by atoms with Crippen LogP contribution >= 0.6 is 0 Å². The summed E-state index contributed by atoms with van der Waals surface area (Å²) in [4.78, 5) is 25.4. The molecule has 0 aliphatic carbocycles. The Morgan fingerprint density at radius 1 is 1.12 bits per heavy atom. The van der Waals surface area contributed by atoms with Crippen molar-refractivity contribution < 1.29 is 9.32 Å². The summed E-state index contributed by atoms with van der Waals surface area (Å²) < 4.78 is 5.27. The highest BCUT2D eigenvalue weighted by molar-refractivity contribution is 6.02. The quantitative estimate of drug-likeness (QED) is 0.714. The first-order valence-corrected chi connectivity index (χ1v) is 8.39. The largest absolute Gasteiger partial charge is 0.370 e. The van der Waals surface area contributed by atoms with Crippen LogP contribution < -0.4 is 4.90 Å². The lowest BCUT2D eigenvalue weighted by Crippen LogP contribution is -2.35. The second-order valence-electron chi connectivity index (χ2n) is 6.17. The van der Waals surface area contributed by atoms with Crippen LogP contribution in [0.25, 0.3) is 11.0 Å². The van der Waals surface area contributed by atoms with Crippen molar-refractivity contribution in [1.82, 2.24) is 20.0 Å². The van der Waals surface area contributed by atoms with E-state index in [-0.39, 0.29) is 11.7 Å². The van der Waals surface area contributed by atoms with Crippen molar-refractivity contribution in [3.63, 3.8) is 0 Å². The minimum Gasteiger partial charge on any atom is -0.370 e. The van der Waals surface area contributed by atoms with Crippen LogP contribution in [0, 0.1) is 6.92 Å². The Morgan fingerprint density at radius 2 is 2.04 bits per heavy atom. The molecule has 128 valence electrons. The number of carbonyl (C=O) groups excluding carboxylic acids is 1. The summed E-state index contributed by atoms with van der Waals surface area (Å²) in [7, 11) is 0. The van der Waals surface area contributed by atoms with E-state index >= 15 is 0 Å². The third-order valence-electron chi connectivity index (χ3n) is 4.48. The van der Waals surface area contributed by atoms with Crippen molar-refractivity contribution in [1.29, 1.82) is 0 Å². The zero-order valence-corrected chi connectivity index (χ0v) is 14.1. The lowest BCUT2D eigenvalue weighted by atomic mass is 10.2. The van der Waals surface area contributed by atoms with Gasteiger partial charge in [-0.1, -0.05) is 5.16 Å². The predicted octanol–water partition coefficient (Wildman–Crippen LogP) is 2.28. The van der Waals surface area contributed by atoms with E-state index in [0.717, 1.165) is 30.9 Å². The molecule has 0 aromatic carbocycles. The summed E-state index contributed by atoms with van der Waals surface area (Å²) in [5.41, 5.74) is 2.61. The molecule has 0 atom stereocenters. The molecule has 3 aromatic rings. The van der Waals surface area contributed by atoms with E-state index in [1.54, 1.807) is 12.3 Å². The lowest BCUT2D eigenvalue weighted by Gasteiger charge is -2.23. The molecule has 3 aromatic heterocycles. The van der Waals surface area contributed by atoms with Crippen LogP contribution in [0.3, 0.4) is 0 Å². The maximum atomic E-state index is 12.9. The zero-order valence-electron chi connectivity index (χ0n) is 14.1. The van der Waals surface area contributed by atoms with Crippen LogP contribution in [0.5, 0.6) is 0 Å². The molecular formula is C18H19N5O2. The lowest BCUT2D eigenvalue weighted by molar-refractivity contribution is 0.0728. The van der Waals surface area contributed by atoms with E-state index in [1.807, 2.05) is 30.2 Å². The molecule has 1 amide bonds. The summed E-state index contributed by atoms with van der Waals surface area (Å²) in [6.45, 7) is 5.01. The number of aryl methyl sites for hydroxylation is 1. The van der Waals surface area contributed by atoms with Gasteiger partial charge in [-0.15, -0.1) is 0 Å². The number of amides is 1. The van der Waals surface area contributed by atoms with Gasteiger partial charge in [-0.25, -0.2) is 4.98 Å². The molecule has 7 nitrogen and oxygen atoms in total. The maximum Gasteiger partial charge on any atom is 0.293 e. The monoisotopic (exact) mass is 337 g/mol. The average molecular weight is 337 g/mol. The number of anilines is 1. The number of pyridine rings is 2. The predicted molar refractivity (Wildman–Crippen MR) is 93.5 cm³/mol. The van der Waals surface area contributed by atoms with Crippen molar-refractivity contribution >= 4 is 22.6 Å². The van der Waals surface area contributed by atoms with Crippen molar-refractivity contribution in [2.24, 2.45) is 0 Å². The highest BCUT2D eigenvalue weighted by atomic mass is 16.5. The first kappa shape index (κ1) is 15.6. The number of carbonyl (C=O) groups is 1. The molecule has 1 saturated heterocycles. The second kappa shape index (κ2) is 6.51. The van der Waals surface area contributed by atoms with E-state index in [1.165, 1.54) is 0 Å². The Labute approximate surface area is 145 Å². The Kier molecular flexibility index (Phi) is 4.05. The standard InChI is InChI=1S/C18H19N5O2/c1-13-12-14(5-7-19-13)22-8-3-9-23(11-10-22)18(24)16-15-4-2-6-20-17(15)21-25-16/h2,4-7,12H,3,8-11H2,1H3. The van der Waals surface area contributed by atoms with Crippen LogP contribution in [-0.4, -0.2) is 52.1 Å². The number of hydrogen-bond acceptors (Lipinski definition) is 6. The molecule has 4 heterocycles. The van der Waals surface area contributed by atoms with Gasteiger partial charge >= 0.3 is 0 Å². The molecule has 4 rings (SSSR count). The smallest absolute Gasteiger partial charge is 0.293 e. The third kappa shape index (κ3) is 3.05. The summed E-state index contributed by atoms with van der Waals surface area (Å²) in [5.74, 6) is 0.152. The number of fused-ring (bicyclic) bond motifs is 1. The number of rotatable bonds is 2. The molecule has 0 spiro atoms. The van der Waals surface area contributed by atoms with Gasteiger partial charge in [-0.05, 0) is 37.6 Å². The van der Waals surface area contributed by atoms with Gasteiger partial charge in [0, 0.05) is 50.0 Å². The molecule has 1 aliphatic rings. The molecule has 0 saturated carbocycles. The van der Waals surface area contributed by atoms with Gasteiger partial charge in [0.05, 0.1) is 5.39 Å². The molecule has 7 heteroatoms. The van der Waals surface area contributed by atoms with Gasteiger partial charge < -0.3 is 14.3 Å². The molecule has 0 unspecified atom stereocenters. The van der Waals surface area contributed by atoms with Crippen LogP contribution in [-0.2, 0) is 0 Å². The Hall–Kier alpha value is -2.96. The molecule has 1 aliphatic heterocycles. The molecule has 0 radical (unpaired) electrons. The minimum absolute atomic E-state index is 0.122. The van der Waals surface area contributed by atoms with Crippen LogP contribution in [0.15, 0.2) is 41.2 Å². The minimum atomic E-state index is -0.122. The fourth-order valence-corrected chi connectivity index (χ4v) is 3.19. The van der Waals surface area contributed by atoms with Crippen molar-refractivity contribution in [2.45, 2.75) is 13.3 Å². The van der Waals surface area contributed by atoms with Crippen molar-refractivity contribution in [3.8, 4) is 0 Å². The molecular weight excluding hydrogens is 318 g/mol. The Bertz CT molecular complexity index is 907. The van der Waals surface area contributed by atoms with E-state index in [0.29, 0.717) is 24.1 Å². The molecule has 1 fully saturated rings. The number of aromatic nitrogens is 3. The van der Waals surface area contributed by atoms with Gasteiger partial charge in [-0.2, -0.15) is 0 Å². The Morgan fingerprint density at radius 3 is 2.92 bits per heavy atom. The summed E-state index contributed by atoms with van der Waals surface area (Å²) >= 11 is 0. The second-order valence-corrected chi connectivity index (χ2v) is 6.17. The first-order chi connectivity index (χ1) is 12.2. The van der Waals surface area contributed by atoms with Crippen LogP contribution in [0.2, 0.25) is 0 Å². The fourth-order valence-electron chi connectivity index (χ4n) is 3.19. The van der Waals surface area contributed by atoms with Crippen LogP contribution in [0.4, 0.5) is 5.69 Å².